The van der Waals surface area contributed by atoms with Crippen molar-refractivity contribution in [3.8, 4) is 0 Å². The lowest BCUT2D eigenvalue weighted by atomic mass is 9.65. The van der Waals surface area contributed by atoms with Crippen LogP contribution < -0.4 is 9.80 Å². The number of hydrogen-bond donors (Lipinski definition) is 0. The molecule has 1 fully saturated rings. The average Bonchev–Trinajstić information content (AvgIpc) is 2.94. The standard InChI is InChI=1S/C32H34N2/c1-33(28-12-6-3-7-13-28)30-20-16-26(17-21-30)32(24-10-5-11-25-32)27-18-22-31(23-19-27)34(2)29-14-8-4-9-15-29/h3-4,6-9,12-23H,5,10-11,24-25H2,1-2H3. The van der Waals surface area contributed by atoms with Crippen LogP contribution in [0.5, 0.6) is 0 Å². The zero-order valence-corrected chi connectivity index (χ0v) is 20.3. The molecule has 0 aliphatic heterocycles. The number of nitrogens with zero attached hydrogens (tertiary/aromatic N) is 2. The molecule has 1 aliphatic rings. The highest BCUT2D eigenvalue weighted by Gasteiger charge is 2.35. The first kappa shape index (κ1) is 22.3. The second kappa shape index (κ2) is 9.77. The lowest BCUT2D eigenvalue weighted by Gasteiger charge is -2.39. The van der Waals surface area contributed by atoms with Crippen LogP contribution in [0.4, 0.5) is 22.7 Å². The molecule has 4 aromatic carbocycles. The van der Waals surface area contributed by atoms with Gasteiger partial charge in [0.05, 0.1) is 0 Å². The summed E-state index contributed by atoms with van der Waals surface area (Å²) in [6.45, 7) is 0. The van der Waals surface area contributed by atoms with Gasteiger partial charge < -0.3 is 9.80 Å². The zero-order valence-electron chi connectivity index (χ0n) is 20.3. The molecule has 5 rings (SSSR count). The van der Waals surface area contributed by atoms with Gasteiger partial charge in [-0.15, -0.1) is 0 Å². The molecule has 0 aromatic heterocycles. The maximum Gasteiger partial charge on any atom is 0.0408 e. The molecule has 2 nitrogen and oxygen atoms in total. The van der Waals surface area contributed by atoms with E-state index in [1.54, 1.807) is 0 Å². The third-order valence-electron chi connectivity index (χ3n) is 7.61. The van der Waals surface area contributed by atoms with E-state index in [1.165, 1.54) is 66.0 Å². The predicted molar refractivity (Wildman–Crippen MR) is 146 cm³/mol. The Bertz CT molecular complexity index is 1080. The summed E-state index contributed by atoms with van der Waals surface area (Å²) in [6.07, 6.45) is 6.35. The van der Waals surface area contributed by atoms with Crippen LogP contribution in [0.2, 0.25) is 0 Å². The first-order chi connectivity index (χ1) is 16.7. The van der Waals surface area contributed by atoms with E-state index in [0.717, 1.165) is 0 Å². The maximum absolute atomic E-state index is 2.37. The topological polar surface area (TPSA) is 6.48 Å². The van der Waals surface area contributed by atoms with Crippen molar-refractivity contribution in [2.75, 3.05) is 23.9 Å². The molecule has 0 saturated heterocycles. The van der Waals surface area contributed by atoms with E-state index >= 15 is 0 Å². The van der Waals surface area contributed by atoms with Crippen LogP contribution in [0, 0.1) is 0 Å². The van der Waals surface area contributed by atoms with E-state index in [1.807, 2.05) is 0 Å². The van der Waals surface area contributed by atoms with Crippen molar-refractivity contribution >= 4 is 22.7 Å². The number of para-hydroxylation sites is 2. The molecule has 0 N–H and O–H groups in total. The number of anilines is 4. The van der Waals surface area contributed by atoms with E-state index < -0.39 is 0 Å². The smallest absolute Gasteiger partial charge is 0.0408 e. The second-order valence-corrected chi connectivity index (χ2v) is 9.53. The van der Waals surface area contributed by atoms with E-state index in [2.05, 4.69) is 133 Å². The molecule has 1 saturated carbocycles. The largest absolute Gasteiger partial charge is 0.345 e. The monoisotopic (exact) mass is 446 g/mol. The Labute approximate surface area is 204 Å². The molecule has 0 unspecified atom stereocenters. The molecule has 0 radical (unpaired) electrons. The number of benzene rings is 4. The van der Waals surface area contributed by atoms with Gasteiger partial charge in [0.25, 0.3) is 0 Å². The SMILES string of the molecule is CN(c1ccccc1)c1ccc(C2(c3ccc(N(C)c4ccccc4)cc3)CCCCC2)cc1. The van der Waals surface area contributed by atoms with Crippen molar-refractivity contribution < 1.29 is 0 Å². The summed E-state index contributed by atoms with van der Waals surface area (Å²) < 4.78 is 0. The summed E-state index contributed by atoms with van der Waals surface area (Å²) in [4.78, 5) is 4.51. The van der Waals surface area contributed by atoms with Crippen LogP contribution in [0.3, 0.4) is 0 Å². The third-order valence-corrected chi connectivity index (χ3v) is 7.61. The summed E-state index contributed by atoms with van der Waals surface area (Å²) in [5.74, 6) is 0. The first-order valence-electron chi connectivity index (χ1n) is 12.5. The van der Waals surface area contributed by atoms with Crippen LogP contribution in [-0.2, 0) is 5.41 Å². The number of hydrogen-bond acceptors (Lipinski definition) is 2. The highest BCUT2D eigenvalue weighted by atomic mass is 15.1. The van der Waals surface area contributed by atoms with Gasteiger partial charge in [-0.25, -0.2) is 0 Å². The summed E-state index contributed by atoms with van der Waals surface area (Å²) in [5, 5.41) is 0. The minimum Gasteiger partial charge on any atom is -0.345 e. The third kappa shape index (κ3) is 4.33. The normalized spacial score (nSPS) is 15.0. The fourth-order valence-electron chi connectivity index (χ4n) is 5.51. The van der Waals surface area contributed by atoms with Gasteiger partial charge >= 0.3 is 0 Å². The van der Waals surface area contributed by atoms with Crippen LogP contribution in [0.25, 0.3) is 0 Å². The molecule has 0 amide bonds. The van der Waals surface area contributed by atoms with Crippen molar-refractivity contribution in [2.45, 2.75) is 37.5 Å². The van der Waals surface area contributed by atoms with Gasteiger partial charge in [-0.05, 0) is 72.5 Å². The second-order valence-electron chi connectivity index (χ2n) is 9.53. The van der Waals surface area contributed by atoms with Gasteiger partial charge in [0.1, 0.15) is 0 Å². The summed E-state index contributed by atoms with van der Waals surface area (Å²) in [7, 11) is 4.28. The predicted octanol–water partition coefficient (Wildman–Crippen LogP) is 8.47. The highest BCUT2D eigenvalue weighted by Crippen LogP contribution is 2.46. The van der Waals surface area contributed by atoms with E-state index in [9.17, 15) is 0 Å². The lowest BCUT2D eigenvalue weighted by molar-refractivity contribution is 0.346. The Morgan fingerprint density at radius 2 is 0.794 bits per heavy atom. The van der Waals surface area contributed by atoms with E-state index in [0.29, 0.717) is 0 Å². The highest BCUT2D eigenvalue weighted by molar-refractivity contribution is 5.64. The van der Waals surface area contributed by atoms with Crippen molar-refractivity contribution in [3.63, 3.8) is 0 Å². The van der Waals surface area contributed by atoms with E-state index in [4.69, 9.17) is 0 Å². The quantitative estimate of drug-likeness (QED) is 0.293. The molecule has 172 valence electrons. The molecule has 34 heavy (non-hydrogen) atoms. The lowest BCUT2D eigenvalue weighted by Crippen LogP contribution is -2.30. The molecule has 0 bridgehead atoms. The summed E-state index contributed by atoms with van der Waals surface area (Å²) >= 11 is 0. The molecule has 1 aliphatic carbocycles. The number of rotatable bonds is 6. The first-order valence-corrected chi connectivity index (χ1v) is 12.5. The average molecular weight is 447 g/mol. The summed E-state index contributed by atoms with van der Waals surface area (Å²) in [6, 6.07) is 39.7. The summed E-state index contributed by atoms with van der Waals surface area (Å²) in [5.41, 5.74) is 7.86. The van der Waals surface area contributed by atoms with Gasteiger partial charge in [0.15, 0.2) is 0 Å². The Kier molecular flexibility index (Phi) is 6.40. The zero-order chi connectivity index (χ0) is 23.4. The van der Waals surface area contributed by atoms with Crippen LogP contribution >= 0.6 is 0 Å². The fraction of sp³-hybridized carbons (Fsp3) is 0.250. The van der Waals surface area contributed by atoms with Gasteiger partial charge in [0.2, 0.25) is 0 Å². The van der Waals surface area contributed by atoms with Crippen molar-refractivity contribution in [2.24, 2.45) is 0 Å². The van der Waals surface area contributed by atoms with Gasteiger partial charge in [-0.3, -0.25) is 0 Å². The molecular formula is C32H34N2. The Hall–Kier alpha value is -3.52. The minimum absolute atomic E-state index is 0.103. The van der Waals surface area contributed by atoms with Crippen LogP contribution in [0.1, 0.15) is 43.2 Å². The van der Waals surface area contributed by atoms with Gasteiger partial charge in [-0.1, -0.05) is 79.9 Å². The van der Waals surface area contributed by atoms with Crippen LogP contribution in [0.15, 0.2) is 109 Å². The Balaban J connectivity index is 1.44. The molecule has 2 heteroatoms. The molecule has 0 heterocycles. The minimum atomic E-state index is 0.103. The van der Waals surface area contributed by atoms with E-state index in [-0.39, 0.29) is 5.41 Å². The van der Waals surface area contributed by atoms with Crippen molar-refractivity contribution in [3.05, 3.63) is 120 Å². The molecular weight excluding hydrogens is 412 g/mol. The van der Waals surface area contributed by atoms with Gasteiger partial charge in [0, 0.05) is 42.3 Å². The molecule has 4 aromatic rings. The van der Waals surface area contributed by atoms with Gasteiger partial charge in [-0.2, -0.15) is 0 Å². The molecule has 0 atom stereocenters. The Morgan fingerprint density at radius 3 is 1.18 bits per heavy atom. The maximum atomic E-state index is 2.37. The van der Waals surface area contributed by atoms with Crippen molar-refractivity contribution in [1.82, 2.24) is 0 Å². The molecule has 0 spiro atoms. The Morgan fingerprint density at radius 1 is 0.441 bits per heavy atom. The van der Waals surface area contributed by atoms with Crippen LogP contribution in [-0.4, -0.2) is 14.1 Å². The fourth-order valence-corrected chi connectivity index (χ4v) is 5.51. The van der Waals surface area contributed by atoms with Crippen molar-refractivity contribution in [1.29, 1.82) is 0 Å².